The van der Waals surface area contributed by atoms with E-state index in [0.29, 0.717) is 24.1 Å². The molecule has 8 nitrogen and oxygen atoms in total. The van der Waals surface area contributed by atoms with E-state index >= 15 is 0 Å². The number of hydrogen-bond donors (Lipinski definition) is 1. The van der Waals surface area contributed by atoms with Crippen molar-refractivity contribution in [3.8, 4) is 5.75 Å². The maximum absolute atomic E-state index is 13.0. The summed E-state index contributed by atoms with van der Waals surface area (Å²) < 4.78 is 7.51. The van der Waals surface area contributed by atoms with Gasteiger partial charge in [0.1, 0.15) is 23.3 Å². The van der Waals surface area contributed by atoms with Crippen molar-refractivity contribution in [2.75, 3.05) is 38.2 Å². The first-order valence-electron chi connectivity index (χ1n) is 10.4. The van der Waals surface area contributed by atoms with E-state index < -0.39 is 0 Å². The number of methoxy groups -OCH3 is 1. The van der Waals surface area contributed by atoms with Crippen molar-refractivity contribution in [1.29, 1.82) is 0 Å². The Morgan fingerprint density at radius 1 is 1.12 bits per heavy atom. The molecular formula is C23H22BrN5O3. The van der Waals surface area contributed by atoms with Gasteiger partial charge in [-0.25, -0.2) is 4.98 Å². The van der Waals surface area contributed by atoms with Crippen molar-refractivity contribution in [3.05, 3.63) is 63.6 Å². The second-order valence-electron chi connectivity index (χ2n) is 7.78. The lowest BCUT2D eigenvalue weighted by Gasteiger charge is -2.36. The predicted octanol–water partition coefficient (Wildman–Crippen LogP) is 3.00. The van der Waals surface area contributed by atoms with Gasteiger partial charge in [0.15, 0.2) is 0 Å². The van der Waals surface area contributed by atoms with Crippen LogP contribution in [-0.2, 0) is 11.3 Å². The highest BCUT2D eigenvalue weighted by molar-refractivity contribution is 9.10. The molecule has 4 aromatic rings. The smallest absolute Gasteiger partial charge is 0.278 e. The quantitative estimate of drug-likeness (QED) is 0.470. The maximum Gasteiger partial charge on any atom is 0.278 e. The molecule has 2 aromatic heterocycles. The zero-order valence-corrected chi connectivity index (χ0v) is 19.1. The molecule has 0 spiro atoms. The summed E-state index contributed by atoms with van der Waals surface area (Å²) in [6, 6.07) is 13.7. The molecular weight excluding hydrogens is 474 g/mol. The average molecular weight is 496 g/mol. The Bertz CT molecular complexity index is 1350. The second kappa shape index (κ2) is 8.31. The second-order valence-corrected chi connectivity index (χ2v) is 8.70. The van der Waals surface area contributed by atoms with Crippen LogP contribution in [0.3, 0.4) is 0 Å². The summed E-state index contributed by atoms with van der Waals surface area (Å²) in [7, 11) is 1.65. The van der Waals surface area contributed by atoms with E-state index in [-0.39, 0.29) is 18.0 Å². The van der Waals surface area contributed by atoms with Gasteiger partial charge in [0.25, 0.3) is 5.56 Å². The summed E-state index contributed by atoms with van der Waals surface area (Å²) in [5.74, 6) is 0.739. The lowest BCUT2D eigenvalue weighted by atomic mass is 10.2. The lowest BCUT2D eigenvalue weighted by Crippen LogP contribution is -2.50. The Balaban J connectivity index is 1.29. The number of aromatic amines is 1. The van der Waals surface area contributed by atoms with Crippen LogP contribution in [0.25, 0.3) is 21.9 Å². The molecule has 9 heteroatoms. The van der Waals surface area contributed by atoms with Crippen molar-refractivity contribution in [1.82, 2.24) is 19.4 Å². The van der Waals surface area contributed by atoms with Crippen molar-refractivity contribution < 1.29 is 9.53 Å². The van der Waals surface area contributed by atoms with E-state index in [4.69, 9.17) is 4.74 Å². The predicted molar refractivity (Wildman–Crippen MR) is 127 cm³/mol. The first-order valence-corrected chi connectivity index (χ1v) is 11.2. The van der Waals surface area contributed by atoms with Crippen molar-refractivity contribution in [2.45, 2.75) is 6.54 Å². The zero-order chi connectivity index (χ0) is 22.2. The summed E-state index contributed by atoms with van der Waals surface area (Å²) in [5.41, 5.74) is 2.73. The van der Waals surface area contributed by atoms with Gasteiger partial charge in [-0.15, -0.1) is 0 Å². The maximum atomic E-state index is 13.0. The van der Waals surface area contributed by atoms with Crippen molar-refractivity contribution in [2.24, 2.45) is 0 Å². The highest BCUT2D eigenvalue weighted by atomic mass is 79.9. The number of nitrogens with one attached hydrogen (secondary N) is 1. The molecule has 0 saturated carbocycles. The Morgan fingerprint density at radius 3 is 2.59 bits per heavy atom. The number of benzene rings is 2. The highest BCUT2D eigenvalue weighted by Crippen LogP contribution is 2.25. The number of carbonyl (C=O) groups is 1. The van der Waals surface area contributed by atoms with Crippen LogP contribution in [0.2, 0.25) is 0 Å². The minimum absolute atomic E-state index is 0.0244. The van der Waals surface area contributed by atoms with Crippen LogP contribution in [-0.4, -0.2) is 58.6 Å². The molecule has 1 aliphatic heterocycles. The molecule has 1 fully saturated rings. The molecule has 1 saturated heterocycles. The number of rotatable bonds is 4. The van der Waals surface area contributed by atoms with Gasteiger partial charge >= 0.3 is 0 Å². The summed E-state index contributed by atoms with van der Waals surface area (Å²) in [6.07, 6.45) is 1.46. The van der Waals surface area contributed by atoms with Gasteiger partial charge in [-0.1, -0.05) is 15.9 Å². The number of anilines is 1. The lowest BCUT2D eigenvalue weighted by molar-refractivity contribution is -0.132. The molecule has 1 aliphatic rings. The summed E-state index contributed by atoms with van der Waals surface area (Å²) in [5, 5.41) is 0.875. The van der Waals surface area contributed by atoms with Crippen LogP contribution in [0.15, 0.2) is 58.1 Å². The van der Waals surface area contributed by atoms with Gasteiger partial charge in [-0.3, -0.25) is 14.2 Å². The Labute approximate surface area is 192 Å². The van der Waals surface area contributed by atoms with Gasteiger partial charge in [-0.2, -0.15) is 0 Å². The monoisotopic (exact) mass is 495 g/mol. The van der Waals surface area contributed by atoms with Crippen LogP contribution in [0.5, 0.6) is 5.75 Å². The molecule has 0 radical (unpaired) electrons. The number of fused-ring (bicyclic) bond motifs is 3. The minimum atomic E-state index is -0.243. The number of hydrogen-bond acceptors (Lipinski definition) is 5. The number of ether oxygens (including phenoxy) is 1. The van der Waals surface area contributed by atoms with Crippen LogP contribution in [0.1, 0.15) is 0 Å². The normalized spacial score (nSPS) is 14.3. The molecule has 1 N–H and O–H groups in total. The Hall–Kier alpha value is -3.33. The molecule has 3 heterocycles. The number of nitrogens with zero attached hydrogens (tertiary/aromatic N) is 4. The van der Waals surface area contributed by atoms with E-state index in [0.717, 1.165) is 39.9 Å². The first-order chi connectivity index (χ1) is 15.5. The summed E-state index contributed by atoms with van der Waals surface area (Å²) in [4.78, 5) is 37.5. The summed E-state index contributed by atoms with van der Waals surface area (Å²) >= 11 is 3.45. The van der Waals surface area contributed by atoms with E-state index in [1.807, 2.05) is 42.5 Å². The van der Waals surface area contributed by atoms with Crippen LogP contribution in [0.4, 0.5) is 5.69 Å². The largest absolute Gasteiger partial charge is 0.497 e. The fraction of sp³-hybridized carbons (Fsp3) is 0.261. The fourth-order valence-electron chi connectivity index (χ4n) is 4.13. The number of halogens is 1. The first kappa shape index (κ1) is 20.6. The third kappa shape index (κ3) is 3.73. The van der Waals surface area contributed by atoms with Gasteiger partial charge < -0.3 is 19.5 Å². The Morgan fingerprint density at radius 2 is 1.88 bits per heavy atom. The third-order valence-electron chi connectivity index (χ3n) is 5.91. The van der Waals surface area contributed by atoms with E-state index in [2.05, 4.69) is 30.8 Å². The average Bonchev–Trinajstić information content (AvgIpc) is 3.19. The number of carbonyl (C=O) groups excluding carboxylic acids is 1. The van der Waals surface area contributed by atoms with Gasteiger partial charge in [0, 0.05) is 47.2 Å². The number of H-pyrrole nitrogens is 1. The van der Waals surface area contributed by atoms with E-state index in [9.17, 15) is 9.59 Å². The van der Waals surface area contributed by atoms with Crippen LogP contribution in [0, 0.1) is 0 Å². The third-order valence-corrected chi connectivity index (χ3v) is 6.40. The molecule has 0 atom stereocenters. The molecule has 5 rings (SSSR count). The molecule has 32 heavy (non-hydrogen) atoms. The molecule has 0 unspecified atom stereocenters. The van der Waals surface area contributed by atoms with E-state index in [1.165, 1.54) is 10.9 Å². The fourth-order valence-corrected chi connectivity index (χ4v) is 4.49. The topological polar surface area (TPSA) is 83.5 Å². The molecule has 2 aromatic carbocycles. The number of amides is 1. The van der Waals surface area contributed by atoms with Gasteiger partial charge in [0.2, 0.25) is 5.91 Å². The standard InChI is InChI=1S/C23H22BrN5O3/c1-32-17-5-3-16(4-6-17)27-8-10-28(11-9-27)20(30)13-29-14-25-21-18-12-15(24)2-7-19(18)26-22(21)23(29)31/h2-7,12,14,26H,8-11,13H2,1H3. The number of piperazine rings is 1. The minimum Gasteiger partial charge on any atom is -0.497 e. The van der Waals surface area contributed by atoms with Gasteiger partial charge in [0.05, 0.1) is 13.4 Å². The zero-order valence-electron chi connectivity index (χ0n) is 17.5. The molecule has 1 amide bonds. The van der Waals surface area contributed by atoms with Crippen molar-refractivity contribution >= 4 is 49.5 Å². The van der Waals surface area contributed by atoms with Crippen molar-refractivity contribution in [3.63, 3.8) is 0 Å². The highest BCUT2D eigenvalue weighted by Gasteiger charge is 2.22. The van der Waals surface area contributed by atoms with Crippen LogP contribution < -0.4 is 15.2 Å². The van der Waals surface area contributed by atoms with Gasteiger partial charge in [-0.05, 0) is 42.5 Å². The Kier molecular flexibility index (Phi) is 5.34. The SMILES string of the molecule is COc1ccc(N2CCN(C(=O)Cn3cnc4c([nH]c5ccc(Br)cc54)c3=O)CC2)cc1. The molecule has 0 aliphatic carbocycles. The molecule has 0 bridgehead atoms. The molecule has 164 valence electrons. The van der Waals surface area contributed by atoms with Crippen LogP contribution >= 0.6 is 15.9 Å². The summed E-state index contributed by atoms with van der Waals surface area (Å²) in [6.45, 7) is 2.66. The van der Waals surface area contributed by atoms with E-state index in [1.54, 1.807) is 12.0 Å². The number of aromatic nitrogens is 3.